The fourth-order valence-electron chi connectivity index (χ4n) is 3.96. The Kier molecular flexibility index (Phi) is 4.12. The summed E-state index contributed by atoms with van der Waals surface area (Å²) in [6.45, 7) is 0. The van der Waals surface area contributed by atoms with E-state index in [4.69, 9.17) is 9.37 Å². The molecule has 0 radical (unpaired) electrons. The minimum Gasteiger partial charge on any atom is -0.496 e. The quantitative estimate of drug-likeness (QED) is 0.691. The molecular weight excluding hydrogens is 376 g/mol. The molecule has 5 rings (SSSR count). The van der Waals surface area contributed by atoms with Gasteiger partial charge in [-0.2, -0.15) is 0 Å². The molecule has 7 nitrogen and oxygen atoms in total. The summed E-state index contributed by atoms with van der Waals surface area (Å²) in [5.41, 5.74) is 2.43. The summed E-state index contributed by atoms with van der Waals surface area (Å²) < 4.78 is 10.5. The zero-order valence-electron chi connectivity index (χ0n) is 15.1. The SMILES string of the molecule is COc1ccccc1[C@H]1Nc2nonc2NC2=C1C(=O)C[C@H](c1cccs1)C2. The number of ketones is 1. The fourth-order valence-corrected chi connectivity index (χ4v) is 4.79. The van der Waals surface area contributed by atoms with Crippen LogP contribution in [0.1, 0.15) is 35.2 Å². The molecule has 1 aliphatic heterocycles. The van der Waals surface area contributed by atoms with E-state index in [0.717, 1.165) is 17.7 Å². The van der Waals surface area contributed by atoms with Gasteiger partial charge in [0.15, 0.2) is 5.78 Å². The lowest BCUT2D eigenvalue weighted by Gasteiger charge is -2.29. The lowest BCUT2D eigenvalue weighted by molar-refractivity contribution is -0.116. The summed E-state index contributed by atoms with van der Waals surface area (Å²) in [5, 5.41) is 16.6. The van der Waals surface area contributed by atoms with Crippen molar-refractivity contribution in [3.05, 3.63) is 63.5 Å². The number of ether oxygens (including phenoxy) is 1. The van der Waals surface area contributed by atoms with Crippen molar-refractivity contribution in [2.24, 2.45) is 0 Å². The second kappa shape index (κ2) is 6.79. The first-order valence-electron chi connectivity index (χ1n) is 9.03. The van der Waals surface area contributed by atoms with Crippen LogP contribution in [0, 0.1) is 0 Å². The third-order valence-corrected chi connectivity index (χ3v) is 6.27. The first kappa shape index (κ1) is 17.0. The van der Waals surface area contributed by atoms with Gasteiger partial charge >= 0.3 is 0 Å². The number of carbonyl (C=O) groups is 1. The van der Waals surface area contributed by atoms with E-state index < -0.39 is 6.04 Å². The van der Waals surface area contributed by atoms with Crippen LogP contribution in [0.2, 0.25) is 0 Å². The van der Waals surface area contributed by atoms with Gasteiger partial charge in [0.05, 0.1) is 13.2 Å². The molecule has 1 aromatic carbocycles. The first-order valence-corrected chi connectivity index (χ1v) is 9.91. The summed E-state index contributed by atoms with van der Waals surface area (Å²) in [6, 6.07) is 11.4. The maximum Gasteiger partial charge on any atom is 0.219 e. The van der Waals surface area contributed by atoms with Gasteiger partial charge in [0.25, 0.3) is 0 Å². The van der Waals surface area contributed by atoms with Crippen LogP contribution in [-0.4, -0.2) is 23.2 Å². The van der Waals surface area contributed by atoms with Crippen molar-refractivity contribution in [1.29, 1.82) is 0 Å². The van der Waals surface area contributed by atoms with E-state index in [1.165, 1.54) is 4.88 Å². The normalized spacial score (nSPS) is 21.2. The highest BCUT2D eigenvalue weighted by Crippen LogP contribution is 2.45. The Morgan fingerprint density at radius 3 is 2.82 bits per heavy atom. The Labute approximate surface area is 165 Å². The molecule has 8 heteroatoms. The summed E-state index contributed by atoms with van der Waals surface area (Å²) in [4.78, 5) is 14.5. The number of methoxy groups -OCH3 is 1. The molecular formula is C20H18N4O3S. The number of fused-ring (bicyclic) bond motifs is 1. The van der Waals surface area contributed by atoms with Gasteiger partial charge in [-0.1, -0.05) is 24.3 Å². The smallest absolute Gasteiger partial charge is 0.219 e. The number of nitrogens with one attached hydrogen (secondary N) is 2. The van der Waals surface area contributed by atoms with E-state index in [9.17, 15) is 4.79 Å². The molecule has 2 atom stereocenters. The van der Waals surface area contributed by atoms with Crippen LogP contribution in [0.15, 0.2) is 57.7 Å². The molecule has 2 aliphatic rings. The van der Waals surface area contributed by atoms with Gasteiger partial charge in [0.1, 0.15) is 5.75 Å². The average molecular weight is 394 g/mol. The van der Waals surface area contributed by atoms with Crippen LogP contribution in [-0.2, 0) is 4.79 Å². The van der Waals surface area contributed by atoms with Crippen molar-refractivity contribution in [3.8, 4) is 5.75 Å². The van der Waals surface area contributed by atoms with Crippen LogP contribution in [0.25, 0.3) is 0 Å². The number of hydrogen-bond donors (Lipinski definition) is 2. The molecule has 0 bridgehead atoms. The van der Waals surface area contributed by atoms with E-state index in [1.54, 1.807) is 18.4 Å². The number of carbonyl (C=O) groups excluding carboxylic acids is 1. The van der Waals surface area contributed by atoms with E-state index in [1.807, 2.05) is 35.7 Å². The van der Waals surface area contributed by atoms with Gasteiger partial charge < -0.3 is 15.4 Å². The standard InChI is InChI=1S/C20H18N4O3S/c1-26-15-6-3-2-5-12(15)18-17-13(21-19-20(22-18)24-27-23-19)9-11(10-14(17)25)16-7-4-8-28-16/h2-8,11,18H,9-10H2,1H3,(H,21,23)(H,22,24)/t11-,18-/m1/s1. The predicted octanol–water partition coefficient (Wildman–Crippen LogP) is 4.12. The highest BCUT2D eigenvalue weighted by molar-refractivity contribution is 7.10. The Morgan fingerprint density at radius 1 is 1.14 bits per heavy atom. The molecule has 2 aromatic heterocycles. The van der Waals surface area contributed by atoms with Gasteiger partial charge in [-0.15, -0.1) is 11.3 Å². The number of Topliss-reactive ketones (excluding diaryl/α,β-unsaturated/α-hetero) is 1. The van der Waals surface area contributed by atoms with Gasteiger partial charge in [-0.3, -0.25) is 4.79 Å². The van der Waals surface area contributed by atoms with Crippen LogP contribution in [0.5, 0.6) is 5.75 Å². The third-order valence-electron chi connectivity index (χ3n) is 5.23. The molecule has 3 heterocycles. The topological polar surface area (TPSA) is 89.3 Å². The highest BCUT2D eigenvalue weighted by Gasteiger charge is 2.38. The number of aromatic nitrogens is 2. The van der Waals surface area contributed by atoms with Crippen LogP contribution in [0.3, 0.4) is 0 Å². The third kappa shape index (κ3) is 2.77. The van der Waals surface area contributed by atoms with Crippen molar-refractivity contribution in [2.45, 2.75) is 24.8 Å². The minimum absolute atomic E-state index is 0.109. The minimum atomic E-state index is -0.399. The van der Waals surface area contributed by atoms with Gasteiger partial charge in [0, 0.05) is 34.0 Å². The van der Waals surface area contributed by atoms with Gasteiger partial charge in [-0.05, 0) is 34.2 Å². The zero-order valence-corrected chi connectivity index (χ0v) is 16.0. The van der Waals surface area contributed by atoms with Gasteiger partial charge in [0.2, 0.25) is 11.6 Å². The number of nitrogens with zero attached hydrogens (tertiary/aromatic N) is 2. The van der Waals surface area contributed by atoms with Crippen molar-refractivity contribution in [2.75, 3.05) is 17.7 Å². The molecule has 1 aliphatic carbocycles. The zero-order chi connectivity index (χ0) is 19.1. The van der Waals surface area contributed by atoms with Crippen LogP contribution >= 0.6 is 11.3 Å². The fraction of sp³-hybridized carbons (Fsp3) is 0.250. The molecule has 0 saturated heterocycles. The number of thiophene rings is 1. The number of para-hydroxylation sites is 1. The van der Waals surface area contributed by atoms with Crippen LogP contribution < -0.4 is 15.4 Å². The molecule has 3 aromatic rings. The molecule has 0 fully saturated rings. The highest BCUT2D eigenvalue weighted by atomic mass is 32.1. The monoisotopic (exact) mass is 394 g/mol. The lowest BCUT2D eigenvalue weighted by atomic mass is 9.80. The predicted molar refractivity (Wildman–Crippen MR) is 106 cm³/mol. The molecule has 0 spiro atoms. The molecule has 2 N–H and O–H groups in total. The van der Waals surface area contributed by atoms with Crippen molar-refractivity contribution in [3.63, 3.8) is 0 Å². The average Bonchev–Trinajstić information content (AvgIpc) is 3.37. The number of benzene rings is 1. The first-order chi connectivity index (χ1) is 13.7. The molecule has 142 valence electrons. The molecule has 0 unspecified atom stereocenters. The van der Waals surface area contributed by atoms with Crippen molar-refractivity contribution < 1.29 is 14.2 Å². The molecule has 0 amide bonds. The Hall–Kier alpha value is -3.13. The van der Waals surface area contributed by atoms with Crippen LogP contribution in [0.4, 0.5) is 11.6 Å². The van der Waals surface area contributed by atoms with E-state index in [0.29, 0.717) is 29.4 Å². The lowest BCUT2D eigenvalue weighted by Crippen LogP contribution is -2.27. The summed E-state index contributed by atoms with van der Waals surface area (Å²) in [6.07, 6.45) is 1.20. The summed E-state index contributed by atoms with van der Waals surface area (Å²) in [7, 11) is 1.63. The van der Waals surface area contributed by atoms with Gasteiger partial charge in [-0.25, -0.2) is 4.63 Å². The number of anilines is 2. The summed E-state index contributed by atoms with van der Waals surface area (Å²) >= 11 is 1.68. The molecule has 0 saturated carbocycles. The van der Waals surface area contributed by atoms with E-state index >= 15 is 0 Å². The Bertz CT molecular complexity index is 1060. The number of rotatable bonds is 3. The van der Waals surface area contributed by atoms with Crippen molar-refractivity contribution in [1.82, 2.24) is 10.3 Å². The second-order valence-electron chi connectivity index (χ2n) is 6.84. The van der Waals surface area contributed by atoms with E-state index in [2.05, 4.69) is 27.0 Å². The Balaban J connectivity index is 1.64. The second-order valence-corrected chi connectivity index (χ2v) is 7.82. The van der Waals surface area contributed by atoms with E-state index in [-0.39, 0.29) is 11.7 Å². The maximum absolute atomic E-state index is 13.3. The maximum atomic E-state index is 13.3. The largest absolute Gasteiger partial charge is 0.496 e. The van der Waals surface area contributed by atoms with Crippen molar-refractivity contribution >= 4 is 28.8 Å². The Morgan fingerprint density at radius 2 is 2.00 bits per heavy atom. The molecule has 28 heavy (non-hydrogen) atoms. The number of allylic oxidation sites excluding steroid dienone is 1. The number of hydrogen-bond acceptors (Lipinski definition) is 8. The summed E-state index contributed by atoms with van der Waals surface area (Å²) in [5.74, 6) is 1.94.